The summed E-state index contributed by atoms with van der Waals surface area (Å²) in [4.78, 5) is 27.2. The molecule has 6 nitrogen and oxygen atoms in total. The van der Waals surface area contributed by atoms with Gasteiger partial charge in [-0.1, -0.05) is 72.8 Å². The average molecular weight is 527 g/mol. The van der Waals surface area contributed by atoms with Gasteiger partial charge in [-0.2, -0.15) is 0 Å². The van der Waals surface area contributed by atoms with E-state index in [9.17, 15) is 9.59 Å². The van der Waals surface area contributed by atoms with Crippen LogP contribution < -0.4 is 11.4 Å². The van der Waals surface area contributed by atoms with Crippen molar-refractivity contribution >= 4 is 22.1 Å². The van der Waals surface area contributed by atoms with Gasteiger partial charge in [0.25, 0.3) is 0 Å². The molecular formula is C34H30N4O2. The van der Waals surface area contributed by atoms with Gasteiger partial charge in [0.05, 0.1) is 22.1 Å². The Balaban J connectivity index is 1.36. The van der Waals surface area contributed by atoms with E-state index in [1.807, 2.05) is 71.8 Å². The first-order chi connectivity index (χ1) is 19.5. The monoisotopic (exact) mass is 526 g/mol. The number of para-hydroxylation sites is 4. The predicted molar refractivity (Wildman–Crippen MR) is 158 cm³/mol. The molecule has 6 heteroatoms. The van der Waals surface area contributed by atoms with Gasteiger partial charge in [-0.3, -0.25) is 18.3 Å². The number of rotatable bonds is 4. The second kappa shape index (κ2) is 8.46. The van der Waals surface area contributed by atoms with E-state index in [1.165, 1.54) is 22.3 Å². The van der Waals surface area contributed by atoms with E-state index in [4.69, 9.17) is 0 Å². The van der Waals surface area contributed by atoms with Crippen LogP contribution in [0.5, 0.6) is 0 Å². The van der Waals surface area contributed by atoms with Crippen LogP contribution in [-0.2, 0) is 27.2 Å². The van der Waals surface area contributed by atoms with Crippen LogP contribution in [0.25, 0.3) is 22.1 Å². The maximum Gasteiger partial charge on any atom is 0.328 e. The fourth-order valence-electron chi connectivity index (χ4n) is 7.89. The number of aryl methyl sites for hydroxylation is 2. The van der Waals surface area contributed by atoms with E-state index in [0.717, 1.165) is 22.1 Å². The number of aromatic nitrogens is 4. The van der Waals surface area contributed by atoms with Gasteiger partial charge in [-0.05, 0) is 58.4 Å². The fourth-order valence-corrected chi connectivity index (χ4v) is 7.89. The summed E-state index contributed by atoms with van der Waals surface area (Å²) in [7, 11) is 3.71. The Bertz CT molecular complexity index is 1880. The molecule has 2 heterocycles. The smallest absolute Gasteiger partial charge is 0.295 e. The molecule has 3 aliphatic carbocycles. The SMILES string of the molecule is Cn1c(=O)n(C[C@@H]2C3c4ccccc4C(c4ccccc43)[C@H]2Cn2c(=O)n(C)c3ccccc32)c2ccccc21. The van der Waals surface area contributed by atoms with Gasteiger partial charge in [0, 0.05) is 39.0 Å². The summed E-state index contributed by atoms with van der Waals surface area (Å²) in [5.74, 6) is 0.534. The molecular weight excluding hydrogens is 496 g/mol. The zero-order valence-electron chi connectivity index (χ0n) is 22.6. The molecule has 2 bridgehead atoms. The van der Waals surface area contributed by atoms with Gasteiger partial charge in [0.2, 0.25) is 0 Å². The molecule has 3 aliphatic rings. The van der Waals surface area contributed by atoms with Gasteiger partial charge in [-0.25, -0.2) is 9.59 Å². The van der Waals surface area contributed by atoms with Crippen LogP contribution in [0, 0.1) is 11.8 Å². The van der Waals surface area contributed by atoms with Gasteiger partial charge < -0.3 is 0 Å². The summed E-state index contributed by atoms with van der Waals surface area (Å²) in [5.41, 5.74) is 9.22. The molecule has 2 aromatic heterocycles. The van der Waals surface area contributed by atoms with Gasteiger partial charge in [0.15, 0.2) is 0 Å². The highest BCUT2D eigenvalue weighted by Gasteiger charge is 2.50. The molecule has 0 aliphatic heterocycles. The number of hydrogen-bond acceptors (Lipinski definition) is 2. The molecule has 0 N–H and O–H groups in total. The Morgan fingerprint density at radius 2 is 0.775 bits per heavy atom. The molecule has 4 aromatic carbocycles. The topological polar surface area (TPSA) is 53.9 Å². The molecule has 0 spiro atoms. The van der Waals surface area contributed by atoms with E-state index >= 15 is 0 Å². The molecule has 0 unspecified atom stereocenters. The first-order valence-electron chi connectivity index (χ1n) is 14.0. The predicted octanol–water partition coefficient (Wildman–Crippen LogP) is 5.22. The highest BCUT2D eigenvalue weighted by molar-refractivity contribution is 5.76. The Hall–Kier alpha value is -4.58. The second-order valence-electron chi connectivity index (χ2n) is 11.4. The van der Waals surface area contributed by atoms with Gasteiger partial charge in [-0.15, -0.1) is 0 Å². The minimum atomic E-state index is 0.00490. The van der Waals surface area contributed by atoms with E-state index in [1.54, 1.807) is 9.13 Å². The zero-order chi connectivity index (χ0) is 27.1. The third-order valence-electron chi connectivity index (χ3n) is 9.63. The van der Waals surface area contributed by atoms with Crippen molar-refractivity contribution < 1.29 is 0 Å². The van der Waals surface area contributed by atoms with Crippen LogP contribution in [0.15, 0.2) is 107 Å². The molecule has 198 valence electrons. The van der Waals surface area contributed by atoms with E-state index in [-0.39, 0.29) is 35.1 Å². The number of fused-ring (bicyclic) bond motifs is 3. The molecule has 0 amide bonds. The lowest BCUT2D eigenvalue weighted by Crippen LogP contribution is -2.45. The summed E-state index contributed by atoms with van der Waals surface area (Å²) in [6.07, 6.45) is 0. The highest BCUT2D eigenvalue weighted by atomic mass is 16.2. The summed E-state index contributed by atoms with van der Waals surface area (Å²) < 4.78 is 7.43. The summed E-state index contributed by atoms with van der Waals surface area (Å²) in [6, 6.07) is 33.7. The quantitative estimate of drug-likeness (QED) is 0.316. The lowest BCUT2D eigenvalue weighted by Gasteiger charge is -2.51. The Morgan fingerprint density at radius 1 is 0.475 bits per heavy atom. The van der Waals surface area contributed by atoms with Crippen molar-refractivity contribution in [1.29, 1.82) is 0 Å². The lowest BCUT2D eigenvalue weighted by molar-refractivity contribution is 0.181. The largest absolute Gasteiger partial charge is 0.328 e. The Morgan fingerprint density at radius 3 is 1.12 bits per heavy atom. The number of imidazole rings is 2. The molecule has 0 fully saturated rings. The highest BCUT2D eigenvalue weighted by Crippen LogP contribution is 2.59. The minimum absolute atomic E-state index is 0.00490. The fraction of sp³-hybridized carbons (Fsp3) is 0.235. The summed E-state index contributed by atoms with van der Waals surface area (Å²) in [6.45, 7) is 1.18. The number of hydrogen-bond donors (Lipinski definition) is 0. The molecule has 40 heavy (non-hydrogen) atoms. The third-order valence-corrected chi connectivity index (χ3v) is 9.63. The third kappa shape index (κ3) is 3.04. The van der Waals surface area contributed by atoms with Crippen molar-refractivity contribution in [3.63, 3.8) is 0 Å². The van der Waals surface area contributed by atoms with Crippen LogP contribution in [0.2, 0.25) is 0 Å². The first-order valence-corrected chi connectivity index (χ1v) is 14.0. The molecule has 2 atom stereocenters. The minimum Gasteiger partial charge on any atom is -0.295 e. The van der Waals surface area contributed by atoms with E-state index < -0.39 is 0 Å². The van der Waals surface area contributed by atoms with Crippen LogP contribution in [0.1, 0.15) is 34.1 Å². The maximum absolute atomic E-state index is 13.6. The summed E-state index contributed by atoms with van der Waals surface area (Å²) in [5, 5.41) is 0. The van der Waals surface area contributed by atoms with Crippen molar-refractivity contribution in [1.82, 2.24) is 18.3 Å². The summed E-state index contributed by atoms with van der Waals surface area (Å²) >= 11 is 0. The van der Waals surface area contributed by atoms with Gasteiger partial charge >= 0.3 is 11.4 Å². The van der Waals surface area contributed by atoms with Crippen LogP contribution in [0.4, 0.5) is 0 Å². The molecule has 0 radical (unpaired) electrons. The lowest BCUT2D eigenvalue weighted by atomic mass is 9.54. The van der Waals surface area contributed by atoms with Crippen molar-refractivity contribution in [3.8, 4) is 0 Å². The Kier molecular flexibility index (Phi) is 4.93. The number of nitrogens with zero attached hydrogens (tertiary/aromatic N) is 4. The molecule has 0 saturated heterocycles. The second-order valence-corrected chi connectivity index (χ2v) is 11.4. The molecule has 6 aromatic rings. The van der Waals surface area contributed by atoms with Crippen molar-refractivity contribution in [2.24, 2.45) is 25.9 Å². The zero-order valence-corrected chi connectivity index (χ0v) is 22.6. The number of benzene rings is 4. The van der Waals surface area contributed by atoms with E-state index in [0.29, 0.717) is 13.1 Å². The normalized spacial score (nSPS) is 21.1. The first kappa shape index (κ1) is 23.3. The van der Waals surface area contributed by atoms with Crippen molar-refractivity contribution in [2.45, 2.75) is 24.9 Å². The molecule has 0 saturated carbocycles. The molecule has 9 rings (SSSR count). The van der Waals surface area contributed by atoms with Crippen LogP contribution in [0.3, 0.4) is 0 Å². The van der Waals surface area contributed by atoms with Crippen molar-refractivity contribution in [2.75, 3.05) is 0 Å². The maximum atomic E-state index is 13.6. The average Bonchev–Trinajstić information content (AvgIpc) is 3.38. The Labute approximate surface area is 231 Å². The standard InChI is InChI=1S/C34H30N4O2/c1-35-27-15-7-9-17-29(27)37(33(35)39)19-25-26(20-38-30-18-10-8-16-28(30)36(2)34(38)40)32-23-13-5-3-11-21(23)31(25)22-12-4-6-14-24(22)32/h3-18,25-26,31-32H,19-20H2,1-2H3/t25-,26-,31?,32?/m0/s1. The van der Waals surface area contributed by atoms with Crippen LogP contribution >= 0.6 is 0 Å². The van der Waals surface area contributed by atoms with Gasteiger partial charge in [0.1, 0.15) is 0 Å². The van der Waals surface area contributed by atoms with Crippen LogP contribution in [-0.4, -0.2) is 18.3 Å². The van der Waals surface area contributed by atoms with Crippen molar-refractivity contribution in [3.05, 3.63) is 140 Å². The van der Waals surface area contributed by atoms with E-state index in [2.05, 4.69) is 48.5 Å².